The summed E-state index contributed by atoms with van der Waals surface area (Å²) >= 11 is 0. The molecule has 1 unspecified atom stereocenters. The van der Waals surface area contributed by atoms with Crippen molar-refractivity contribution in [2.45, 2.75) is 13.0 Å². The maximum Gasteiger partial charge on any atom is 0.338 e. The minimum atomic E-state index is -0.873. The lowest BCUT2D eigenvalue weighted by atomic mass is 10.2. The van der Waals surface area contributed by atoms with E-state index in [9.17, 15) is 9.59 Å². The predicted octanol–water partition coefficient (Wildman–Crippen LogP) is 3.16. The highest BCUT2D eigenvalue weighted by atomic mass is 16.5. The average molecular weight is 432 g/mol. The molecule has 8 heteroatoms. The minimum absolute atomic E-state index is 0.212. The number of esters is 1. The van der Waals surface area contributed by atoms with Gasteiger partial charge in [-0.2, -0.15) is 0 Å². The number of rotatable bonds is 6. The van der Waals surface area contributed by atoms with Gasteiger partial charge in [0.05, 0.1) is 5.56 Å². The standard InChI is InChI=1S/C24H24N4O4/c1-18(22(29)27-14-16-28(17-15-27)24-25-12-5-13-26-24)31-23(30)19-8-10-21(11-9-19)32-20-6-3-2-4-7-20/h2-13,18H,14-17H2,1H3. The molecule has 1 amide bonds. The summed E-state index contributed by atoms with van der Waals surface area (Å²) in [7, 11) is 0. The van der Waals surface area contributed by atoms with Crippen LogP contribution in [-0.2, 0) is 9.53 Å². The summed E-state index contributed by atoms with van der Waals surface area (Å²) in [6.07, 6.45) is 2.52. The number of para-hydroxylation sites is 1. The number of carbonyl (C=O) groups excluding carboxylic acids is 2. The van der Waals surface area contributed by atoms with Gasteiger partial charge in [-0.05, 0) is 49.4 Å². The van der Waals surface area contributed by atoms with Crippen molar-refractivity contribution >= 4 is 17.8 Å². The Morgan fingerprint density at radius 3 is 2.12 bits per heavy atom. The molecule has 1 aliphatic heterocycles. The van der Waals surface area contributed by atoms with Gasteiger partial charge in [-0.3, -0.25) is 4.79 Å². The van der Waals surface area contributed by atoms with E-state index in [1.807, 2.05) is 35.2 Å². The van der Waals surface area contributed by atoms with Crippen LogP contribution in [0, 0.1) is 0 Å². The number of piperazine rings is 1. The maximum atomic E-state index is 12.7. The summed E-state index contributed by atoms with van der Waals surface area (Å²) < 4.78 is 11.1. The summed E-state index contributed by atoms with van der Waals surface area (Å²) in [6, 6.07) is 17.8. The maximum absolute atomic E-state index is 12.7. The van der Waals surface area contributed by atoms with Crippen LogP contribution >= 0.6 is 0 Å². The molecule has 4 rings (SSSR count). The van der Waals surface area contributed by atoms with Gasteiger partial charge in [-0.15, -0.1) is 0 Å². The molecule has 1 aliphatic rings. The average Bonchev–Trinajstić information content (AvgIpc) is 2.85. The number of ether oxygens (including phenoxy) is 2. The molecule has 32 heavy (non-hydrogen) atoms. The van der Waals surface area contributed by atoms with Crippen molar-refractivity contribution < 1.29 is 19.1 Å². The zero-order valence-corrected chi connectivity index (χ0v) is 17.8. The molecule has 2 aromatic carbocycles. The highest BCUT2D eigenvalue weighted by molar-refractivity contribution is 5.92. The van der Waals surface area contributed by atoms with Crippen LogP contribution in [0.25, 0.3) is 0 Å². The summed E-state index contributed by atoms with van der Waals surface area (Å²) in [6.45, 7) is 3.88. The fourth-order valence-electron chi connectivity index (χ4n) is 3.40. The van der Waals surface area contributed by atoms with E-state index in [1.54, 1.807) is 54.5 Å². The van der Waals surface area contributed by atoms with E-state index >= 15 is 0 Å². The fraction of sp³-hybridized carbons (Fsp3) is 0.250. The molecule has 1 saturated heterocycles. The Morgan fingerprint density at radius 2 is 1.47 bits per heavy atom. The minimum Gasteiger partial charge on any atom is -0.457 e. The molecule has 0 N–H and O–H groups in total. The van der Waals surface area contributed by atoms with Crippen LogP contribution in [0.15, 0.2) is 73.1 Å². The number of benzene rings is 2. The largest absolute Gasteiger partial charge is 0.457 e. The smallest absolute Gasteiger partial charge is 0.338 e. The molecule has 164 valence electrons. The molecular formula is C24H24N4O4. The first-order chi connectivity index (χ1) is 15.6. The molecule has 0 saturated carbocycles. The normalized spacial score (nSPS) is 14.5. The number of nitrogens with zero attached hydrogens (tertiary/aromatic N) is 4. The van der Waals surface area contributed by atoms with Crippen LogP contribution in [0.3, 0.4) is 0 Å². The van der Waals surface area contributed by atoms with E-state index in [0.29, 0.717) is 49.2 Å². The third-order valence-corrected chi connectivity index (χ3v) is 5.13. The second kappa shape index (κ2) is 9.91. The quantitative estimate of drug-likeness (QED) is 0.553. The van der Waals surface area contributed by atoms with E-state index in [4.69, 9.17) is 9.47 Å². The topological polar surface area (TPSA) is 84.9 Å². The Labute approximate surface area is 186 Å². The van der Waals surface area contributed by atoms with Crippen molar-refractivity contribution in [1.82, 2.24) is 14.9 Å². The molecule has 0 radical (unpaired) electrons. The molecule has 1 aromatic heterocycles. The number of amides is 1. The van der Waals surface area contributed by atoms with Crippen LogP contribution in [0.4, 0.5) is 5.95 Å². The molecule has 0 bridgehead atoms. The summed E-state index contributed by atoms with van der Waals surface area (Å²) in [5.41, 5.74) is 0.358. The lowest BCUT2D eigenvalue weighted by molar-refractivity contribution is -0.140. The summed E-state index contributed by atoms with van der Waals surface area (Å²) in [5.74, 6) is 1.21. The van der Waals surface area contributed by atoms with Crippen LogP contribution in [0.2, 0.25) is 0 Å². The Bertz CT molecular complexity index is 1040. The number of carbonyl (C=O) groups is 2. The summed E-state index contributed by atoms with van der Waals surface area (Å²) in [4.78, 5) is 37.5. The number of hydrogen-bond donors (Lipinski definition) is 0. The number of hydrogen-bond acceptors (Lipinski definition) is 7. The van der Waals surface area contributed by atoms with Crippen molar-refractivity contribution in [1.29, 1.82) is 0 Å². The number of anilines is 1. The van der Waals surface area contributed by atoms with E-state index < -0.39 is 12.1 Å². The molecule has 8 nitrogen and oxygen atoms in total. The van der Waals surface area contributed by atoms with Gasteiger partial charge in [0.25, 0.3) is 5.91 Å². The van der Waals surface area contributed by atoms with Gasteiger partial charge in [0.2, 0.25) is 5.95 Å². The first-order valence-corrected chi connectivity index (χ1v) is 10.4. The molecule has 2 heterocycles. The highest BCUT2D eigenvalue weighted by Crippen LogP contribution is 2.21. The Balaban J connectivity index is 1.28. The zero-order valence-electron chi connectivity index (χ0n) is 17.8. The molecule has 1 fully saturated rings. The lowest BCUT2D eigenvalue weighted by Crippen LogP contribution is -2.52. The van der Waals surface area contributed by atoms with Gasteiger partial charge in [-0.25, -0.2) is 14.8 Å². The van der Waals surface area contributed by atoms with Crippen LogP contribution in [0.5, 0.6) is 11.5 Å². The summed E-state index contributed by atoms with van der Waals surface area (Å²) in [5, 5.41) is 0. The third kappa shape index (κ3) is 5.21. The van der Waals surface area contributed by atoms with Crippen molar-refractivity contribution in [3.8, 4) is 11.5 Å². The molecule has 0 spiro atoms. The monoisotopic (exact) mass is 432 g/mol. The van der Waals surface area contributed by atoms with E-state index in [2.05, 4.69) is 9.97 Å². The zero-order chi connectivity index (χ0) is 22.3. The first-order valence-electron chi connectivity index (χ1n) is 10.4. The Hall–Kier alpha value is -3.94. The van der Waals surface area contributed by atoms with Gasteiger partial charge < -0.3 is 19.3 Å². The third-order valence-electron chi connectivity index (χ3n) is 5.13. The highest BCUT2D eigenvalue weighted by Gasteiger charge is 2.28. The van der Waals surface area contributed by atoms with E-state index in [0.717, 1.165) is 0 Å². The second-order valence-corrected chi connectivity index (χ2v) is 7.35. The molecular weight excluding hydrogens is 408 g/mol. The van der Waals surface area contributed by atoms with Crippen LogP contribution in [0.1, 0.15) is 17.3 Å². The van der Waals surface area contributed by atoms with Crippen molar-refractivity contribution in [3.63, 3.8) is 0 Å². The second-order valence-electron chi connectivity index (χ2n) is 7.35. The van der Waals surface area contributed by atoms with Gasteiger partial charge in [-0.1, -0.05) is 18.2 Å². The number of aromatic nitrogens is 2. The lowest BCUT2D eigenvalue weighted by Gasteiger charge is -2.35. The van der Waals surface area contributed by atoms with Gasteiger partial charge >= 0.3 is 5.97 Å². The van der Waals surface area contributed by atoms with Crippen molar-refractivity contribution in [3.05, 3.63) is 78.6 Å². The van der Waals surface area contributed by atoms with Crippen molar-refractivity contribution in [2.24, 2.45) is 0 Å². The van der Waals surface area contributed by atoms with Gasteiger partial charge in [0, 0.05) is 38.6 Å². The van der Waals surface area contributed by atoms with Gasteiger partial charge in [0.1, 0.15) is 11.5 Å². The predicted molar refractivity (Wildman–Crippen MR) is 119 cm³/mol. The van der Waals surface area contributed by atoms with Crippen LogP contribution in [-0.4, -0.2) is 59.0 Å². The molecule has 3 aromatic rings. The van der Waals surface area contributed by atoms with E-state index in [1.165, 1.54) is 0 Å². The molecule has 1 atom stereocenters. The first kappa shape index (κ1) is 21.3. The van der Waals surface area contributed by atoms with E-state index in [-0.39, 0.29) is 5.91 Å². The van der Waals surface area contributed by atoms with Crippen molar-refractivity contribution in [2.75, 3.05) is 31.1 Å². The van der Waals surface area contributed by atoms with Gasteiger partial charge in [0.15, 0.2) is 6.10 Å². The molecule has 0 aliphatic carbocycles. The Kier molecular flexibility index (Phi) is 6.60. The van der Waals surface area contributed by atoms with Crippen LogP contribution < -0.4 is 9.64 Å². The SMILES string of the molecule is CC(OC(=O)c1ccc(Oc2ccccc2)cc1)C(=O)N1CCN(c2ncccn2)CC1. The fourth-order valence-corrected chi connectivity index (χ4v) is 3.40. The Morgan fingerprint density at radius 1 is 0.844 bits per heavy atom.